The third-order valence-electron chi connectivity index (χ3n) is 2.91. The van der Waals surface area contributed by atoms with Gasteiger partial charge in [-0.1, -0.05) is 15.9 Å². The number of halogens is 1. The topological polar surface area (TPSA) is 40.0 Å². The van der Waals surface area contributed by atoms with E-state index in [1.807, 2.05) is 36.4 Å². The zero-order valence-corrected chi connectivity index (χ0v) is 13.7. The summed E-state index contributed by atoms with van der Waals surface area (Å²) in [7, 11) is 4.76. The second-order valence-electron chi connectivity index (χ2n) is 4.16. The Labute approximate surface area is 132 Å². The van der Waals surface area contributed by atoms with E-state index < -0.39 is 0 Å². The number of nitrogens with zero attached hydrogens (tertiary/aromatic N) is 1. The van der Waals surface area contributed by atoms with Crippen LogP contribution in [0.4, 0.5) is 5.69 Å². The minimum Gasteiger partial charge on any atom is -0.493 e. The Balaban J connectivity index is 2.37. The van der Waals surface area contributed by atoms with Crippen molar-refractivity contribution in [3.8, 4) is 17.2 Å². The summed E-state index contributed by atoms with van der Waals surface area (Å²) in [5.41, 5.74) is 1.67. The van der Waals surface area contributed by atoms with Crippen LogP contribution in [-0.2, 0) is 0 Å². The molecule has 0 aromatic heterocycles. The maximum Gasteiger partial charge on any atom is 0.203 e. The van der Waals surface area contributed by atoms with Gasteiger partial charge in [0.2, 0.25) is 5.75 Å². The molecule has 0 saturated carbocycles. The van der Waals surface area contributed by atoms with Crippen LogP contribution in [0.3, 0.4) is 0 Å². The standard InChI is InChI=1S/C16H16BrNO3/c1-19-14-9-4-11(15(20-2)16(14)21-3)10-18-13-7-5-12(17)6-8-13/h4-10H,1-3H3. The van der Waals surface area contributed by atoms with Crippen LogP contribution in [0.1, 0.15) is 5.56 Å². The summed E-state index contributed by atoms with van der Waals surface area (Å²) in [5, 5.41) is 0. The van der Waals surface area contributed by atoms with Gasteiger partial charge in [-0.2, -0.15) is 0 Å². The van der Waals surface area contributed by atoms with Gasteiger partial charge in [0.15, 0.2) is 11.5 Å². The van der Waals surface area contributed by atoms with Crippen molar-refractivity contribution < 1.29 is 14.2 Å². The average Bonchev–Trinajstić information content (AvgIpc) is 2.53. The quantitative estimate of drug-likeness (QED) is 0.758. The van der Waals surface area contributed by atoms with Crippen molar-refractivity contribution in [3.63, 3.8) is 0 Å². The Morgan fingerprint density at radius 2 is 1.52 bits per heavy atom. The van der Waals surface area contributed by atoms with Crippen LogP contribution in [0.25, 0.3) is 0 Å². The van der Waals surface area contributed by atoms with Gasteiger partial charge in [0, 0.05) is 16.3 Å². The Bertz CT molecular complexity index is 639. The number of aliphatic imine (C=N–C) groups is 1. The molecule has 0 amide bonds. The van der Waals surface area contributed by atoms with Gasteiger partial charge in [-0.05, 0) is 36.4 Å². The molecule has 0 unspecified atom stereocenters. The van der Waals surface area contributed by atoms with Crippen molar-refractivity contribution in [3.05, 3.63) is 46.4 Å². The minimum atomic E-state index is 0.555. The van der Waals surface area contributed by atoms with E-state index in [9.17, 15) is 0 Å². The van der Waals surface area contributed by atoms with Gasteiger partial charge in [-0.3, -0.25) is 4.99 Å². The summed E-state index contributed by atoms with van der Waals surface area (Å²) >= 11 is 3.40. The summed E-state index contributed by atoms with van der Waals surface area (Å²) in [6.45, 7) is 0. The van der Waals surface area contributed by atoms with Gasteiger partial charge in [0.25, 0.3) is 0 Å². The lowest BCUT2D eigenvalue weighted by Gasteiger charge is -2.13. The second kappa shape index (κ2) is 7.13. The molecule has 0 aliphatic heterocycles. The van der Waals surface area contributed by atoms with Crippen LogP contribution in [0.5, 0.6) is 17.2 Å². The molecular weight excluding hydrogens is 334 g/mol. The number of hydrogen-bond acceptors (Lipinski definition) is 4. The SMILES string of the molecule is COc1ccc(C=Nc2ccc(Br)cc2)c(OC)c1OC. The highest BCUT2D eigenvalue weighted by atomic mass is 79.9. The van der Waals surface area contributed by atoms with Crippen molar-refractivity contribution in [1.82, 2.24) is 0 Å². The summed E-state index contributed by atoms with van der Waals surface area (Å²) in [5.74, 6) is 1.77. The summed E-state index contributed by atoms with van der Waals surface area (Å²) in [6.07, 6.45) is 1.74. The van der Waals surface area contributed by atoms with Crippen LogP contribution in [0.2, 0.25) is 0 Å². The molecule has 2 rings (SSSR count). The number of benzene rings is 2. The van der Waals surface area contributed by atoms with Crippen LogP contribution < -0.4 is 14.2 Å². The largest absolute Gasteiger partial charge is 0.493 e. The molecule has 0 bridgehead atoms. The second-order valence-corrected chi connectivity index (χ2v) is 5.07. The lowest BCUT2D eigenvalue weighted by atomic mass is 10.2. The van der Waals surface area contributed by atoms with Crippen molar-refractivity contribution in [2.45, 2.75) is 0 Å². The van der Waals surface area contributed by atoms with Crippen molar-refractivity contribution in [1.29, 1.82) is 0 Å². The van der Waals surface area contributed by atoms with Crippen LogP contribution in [0, 0.1) is 0 Å². The molecule has 0 atom stereocenters. The fraction of sp³-hybridized carbons (Fsp3) is 0.188. The maximum atomic E-state index is 5.41. The normalized spacial score (nSPS) is 10.7. The van der Waals surface area contributed by atoms with E-state index in [-0.39, 0.29) is 0 Å². The van der Waals surface area contributed by atoms with E-state index in [1.54, 1.807) is 27.5 Å². The fourth-order valence-electron chi connectivity index (χ4n) is 1.90. The van der Waals surface area contributed by atoms with E-state index in [0.717, 1.165) is 15.7 Å². The Morgan fingerprint density at radius 3 is 2.10 bits per heavy atom. The van der Waals surface area contributed by atoms with E-state index in [2.05, 4.69) is 20.9 Å². The Morgan fingerprint density at radius 1 is 0.857 bits per heavy atom. The first-order chi connectivity index (χ1) is 10.2. The van der Waals surface area contributed by atoms with Crippen molar-refractivity contribution >= 4 is 27.8 Å². The first-order valence-corrected chi connectivity index (χ1v) is 7.07. The summed E-state index contributed by atoms with van der Waals surface area (Å²) in [6, 6.07) is 11.4. The monoisotopic (exact) mass is 349 g/mol. The van der Waals surface area contributed by atoms with Crippen molar-refractivity contribution in [2.75, 3.05) is 21.3 Å². The van der Waals surface area contributed by atoms with Gasteiger partial charge in [-0.15, -0.1) is 0 Å². The van der Waals surface area contributed by atoms with Crippen LogP contribution >= 0.6 is 15.9 Å². The smallest absolute Gasteiger partial charge is 0.203 e. The van der Waals surface area contributed by atoms with E-state index in [4.69, 9.17) is 14.2 Å². The molecule has 0 N–H and O–H groups in total. The molecule has 21 heavy (non-hydrogen) atoms. The Kier molecular flexibility index (Phi) is 5.22. The third-order valence-corrected chi connectivity index (χ3v) is 3.44. The molecule has 0 heterocycles. The number of hydrogen-bond donors (Lipinski definition) is 0. The zero-order valence-electron chi connectivity index (χ0n) is 12.1. The molecule has 4 nitrogen and oxygen atoms in total. The number of ether oxygens (including phenoxy) is 3. The van der Waals surface area contributed by atoms with Gasteiger partial charge >= 0.3 is 0 Å². The zero-order chi connectivity index (χ0) is 15.2. The lowest BCUT2D eigenvalue weighted by Crippen LogP contribution is -1.98. The number of methoxy groups -OCH3 is 3. The molecule has 2 aromatic carbocycles. The summed E-state index contributed by atoms with van der Waals surface area (Å²) in [4.78, 5) is 4.43. The summed E-state index contributed by atoms with van der Waals surface area (Å²) < 4.78 is 17.0. The average molecular weight is 350 g/mol. The molecule has 0 fully saturated rings. The molecule has 110 valence electrons. The maximum absolute atomic E-state index is 5.41. The fourth-order valence-corrected chi connectivity index (χ4v) is 2.16. The highest BCUT2D eigenvalue weighted by molar-refractivity contribution is 9.10. The molecule has 0 aliphatic carbocycles. The molecule has 2 aromatic rings. The molecule has 0 aliphatic rings. The Hall–Kier alpha value is -2.01. The van der Waals surface area contributed by atoms with Crippen molar-refractivity contribution in [2.24, 2.45) is 4.99 Å². The molecule has 0 radical (unpaired) electrons. The van der Waals surface area contributed by atoms with Gasteiger partial charge < -0.3 is 14.2 Å². The van der Waals surface area contributed by atoms with Crippen LogP contribution in [0.15, 0.2) is 45.9 Å². The van der Waals surface area contributed by atoms with E-state index >= 15 is 0 Å². The first kappa shape index (κ1) is 15.4. The highest BCUT2D eigenvalue weighted by Gasteiger charge is 2.14. The molecule has 0 saturated heterocycles. The highest BCUT2D eigenvalue weighted by Crippen LogP contribution is 2.39. The predicted molar refractivity (Wildman–Crippen MR) is 87.5 cm³/mol. The predicted octanol–water partition coefficient (Wildman–Crippen LogP) is 4.23. The van der Waals surface area contributed by atoms with Crippen LogP contribution in [-0.4, -0.2) is 27.5 Å². The van der Waals surface area contributed by atoms with E-state index in [0.29, 0.717) is 17.2 Å². The third kappa shape index (κ3) is 3.55. The number of rotatable bonds is 5. The van der Waals surface area contributed by atoms with Gasteiger partial charge in [0.1, 0.15) is 0 Å². The molecular formula is C16H16BrNO3. The minimum absolute atomic E-state index is 0.555. The van der Waals surface area contributed by atoms with E-state index in [1.165, 1.54) is 0 Å². The van der Waals surface area contributed by atoms with Gasteiger partial charge in [-0.25, -0.2) is 0 Å². The molecule has 5 heteroatoms. The van der Waals surface area contributed by atoms with Gasteiger partial charge in [0.05, 0.1) is 27.0 Å². The lowest BCUT2D eigenvalue weighted by molar-refractivity contribution is 0.324. The first-order valence-electron chi connectivity index (χ1n) is 6.28. The molecule has 0 spiro atoms.